The molecule has 21 heavy (non-hydrogen) atoms. The van der Waals surface area contributed by atoms with E-state index in [0.717, 1.165) is 6.42 Å². The number of aromatic hydroxyl groups is 1. The van der Waals surface area contributed by atoms with Gasteiger partial charge in [-0.1, -0.05) is 25.1 Å². The first-order valence-electron chi connectivity index (χ1n) is 6.79. The summed E-state index contributed by atoms with van der Waals surface area (Å²) < 4.78 is 15.9. The van der Waals surface area contributed by atoms with Crippen LogP contribution in [-0.2, 0) is 0 Å². The van der Waals surface area contributed by atoms with E-state index in [-0.39, 0.29) is 22.8 Å². The van der Waals surface area contributed by atoms with Gasteiger partial charge in [-0.25, -0.2) is 4.79 Å². The van der Waals surface area contributed by atoms with Crippen LogP contribution in [0.1, 0.15) is 19.8 Å². The lowest BCUT2D eigenvalue weighted by Crippen LogP contribution is -2.10. The van der Waals surface area contributed by atoms with Gasteiger partial charge in [0.25, 0.3) is 0 Å². The fourth-order valence-corrected chi connectivity index (χ4v) is 2.01. The molecule has 5 heteroatoms. The monoisotopic (exact) mass is 290 g/mol. The van der Waals surface area contributed by atoms with E-state index in [1.54, 1.807) is 12.1 Å². The third kappa shape index (κ3) is 3.18. The number of allylic oxidation sites excluding steroid dienone is 1. The van der Waals surface area contributed by atoms with Gasteiger partial charge in [0, 0.05) is 0 Å². The van der Waals surface area contributed by atoms with Crippen molar-refractivity contribution in [2.45, 2.75) is 19.8 Å². The van der Waals surface area contributed by atoms with Gasteiger partial charge in [0.2, 0.25) is 5.75 Å². The van der Waals surface area contributed by atoms with E-state index < -0.39 is 5.63 Å². The zero-order chi connectivity index (χ0) is 15.2. The van der Waals surface area contributed by atoms with E-state index in [9.17, 15) is 9.90 Å². The predicted octanol–water partition coefficient (Wildman–Crippen LogP) is 3.24. The first kappa shape index (κ1) is 15.0. The minimum atomic E-state index is -0.666. The van der Waals surface area contributed by atoms with Gasteiger partial charge in [-0.15, -0.1) is 0 Å². The summed E-state index contributed by atoms with van der Waals surface area (Å²) in [6.07, 6.45) is 5.66. The third-order valence-corrected chi connectivity index (χ3v) is 2.96. The van der Waals surface area contributed by atoms with Crippen molar-refractivity contribution in [3.8, 4) is 17.2 Å². The summed E-state index contributed by atoms with van der Waals surface area (Å²) in [6.45, 7) is 2.40. The van der Waals surface area contributed by atoms with Gasteiger partial charge in [-0.3, -0.25) is 0 Å². The number of hydrogen-bond donors (Lipinski definition) is 1. The maximum absolute atomic E-state index is 12.0. The van der Waals surface area contributed by atoms with Crippen molar-refractivity contribution in [3.63, 3.8) is 0 Å². The molecule has 0 aliphatic heterocycles. The summed E-state index contributed by atoms with van der Waals surface area (Å²) in [6, 6.07) is 4.79. The van der Waals surface area contributed by atoms with Gasteiger partial charge in [0.15, 0.2) is 17.1 Å². The summed E-state index contributed by atoms with van der Waals surface area (Å²) >= 11 is 0. The number of methoxy groups -OCH3 is 1. The lowest BCUT2D eigenvalue weighted by atomic mass is 10.2. The molecule has 5 nitrogen and oxygen atoms in total. The molecule has 2 aromatic rings. The second kappa shape index (κ2) is 6.83. The summed E-state index contributed by atoms with van der Waals surface area (Å²) in [5.41, 5.74) is -0.571. The highest BCUT2D eigenvalue weighted by Gasteiger charge is 2.18. The highest BCUT2D eigenvalue weighted by atomic mass is 16.5. The van der Waals surface area contributed by atoms with Crippen LogP contribution in [0.15, 0.2) is 39.6 Å². The highest BCUT2D eigenvalue weighted by Crippen LogP contribution is 2.35. The van der Waals surface area contributed by atoms with Crippen LogP contribution in [0.3, 0.4) is 0 Å². The smallest absolute Gasteiger partial charge is 0.383 e. The summed E-state index contributed by atoms with van der Waals surface area (Å²) in [4.78, 5) is 12.0. The van der Waals surface area contributed by atoms with Crippen molar-refractivity contribution in [1.82, 2.24) is 0 Å². The summed E-state index contributed by atoms with van der Waals surface area (Å²) in [5.74, 6) is 0.192. The Bertz CT molecular complexity index is 700. The summed E-state index contributed by atoms with van der Waals surface area (Å²) in [5, 5.41) is 10.2. The molecule has 0 saturated heterocycles. The van der Waals surface area contributed by atoms with Crippen LogP contribution in [-0.4, -0.2) is 18.8 Å². The Morgan fingerprint density at radius 3 is 2.81 bits per heavy atom. The van der Waals surface area contributed by atoms with Crippen molar-refractivity contribution >= 4 is 11.0 Å². The molecule has 0 saturated carbocycles. The van der Waals surface area contributed by atoms with Crippen LogP contribution in [0.4, 0.5) is 0 Å². The molecule has 0 atom stereocenters. The van der Waals surface area contributed by atoms with Crippen LogP contribution < -0.4 is 15.1 Å². The van der Waals surface area contributed by atoms with E-state index in [1.165, 1.54) is 13.2 Å². The molecule has 0 fully saturated rings. The zero-order valence-electron chi connectivity index (χ0n) is 12.1. The van der Waals surface area contributed by atoms with E-state index in [0.29, 0.717) is 18.4 Å². The van der Waals surface area contributed by atoms with Crippen molar-refractivity contribution in [3.05, 3.63) is 40.8 Å². The van der Waals surface area contributed by atoms with Crippen molar-refractivity contribution < 1.29 is 19.0 Å². The maximum atomic E-state index is 12.0. The van der Waals surface area contributed by atoms with E-state index in [1.807, 2.05) is 19.1 Å². The second-order valence-corrected chi connectivity index (χ2v) is 4.42. The van der Waals surface area contributed by atoms with Crippen LogP contribution >= 0.6 is 0 Å². The Labute approximate surface area is 122 Å². The number of rotatable bonds is 6. The van der Waals surface area contributed by atoms with E-state index >= 15 is 0 Å². The molecule has 1 heterocycles. The first-order valence-corrected chi connectivity index (χ1v) is 6.79. The fraction of sp³-hybridized carbons (Fsp3) is 0.312. The maximum Gasteiger partial charge on any atom is 0.383 e. The topological polar surface area (TPSA) is 68.9 Å². The Morgan fingerprint density at radius 1 is 1.29 bits per heavy atom. The number of benzene rings is 1. The average Bonchev–Trinajstić information content (AvgIpc) is 2.48. The molecular weight excluding hydrogens is 272 g/mol. The minimum Gasteiger partial charge on any atom is -0.504 e. The molecule has 0 radical (unpaired) electrons. The second-order valence-electron chi connectivity index (χ2n) is 4.42. The Kier molecular flexibility index (Phi) is 4.87. The number of hydrogen-bond acceptors (Lipinski definition) is 5. The molecule has 1 aromatic carbocycles. The molecule has 1 aromatic heterocycles. The normalized spacial score (nSPS) is 11.1. The van der Waals surface area contributed by atoms with Crippen LogP contribution in [0.2, 0.25) is 0 Å². The number of ether oxygens (including phenoxy) is 2. The lowest BCUT2D eigenvalue weighted by Gasteiger charge is -2.11. The molecule has 0 unspecified atom stereocenters. The van der Waals surface area contributed by atoms with Gasteiger partial charge in [0.05, 0.1) is 19.1 Å². The van der Waals surface area contributed by atoms with Crippen LogP contribution in [0.5, 0.6) is 17.2 Å². The Balaban J connectivity index is 2.37. The van der Waals surface area contributed by atoms with Crippen molar-refractivity contribution in [2.24, 2.45) is 0 Å². The van der Waals surface area contributed by atoms with Crippen LogP contribution in [0.25, 0.3) is 11.0 Å². The predicted molar refractivity (Wildman–Crippen MR) is 80.2 cm³/mol. The van der Waals surface area contributed by atoms with E-state index in [4.69, 9.17) is 13.9 Å². The molecule has 0 bridgehead atoms. The quantitative estimate of drug-likeness (QED) is 0.502. The number of phenolic OH excluding ortho intramolecular Hbond substituents is 1. The van der Waals surface area contributed by atoms with Gasteiger partial charge < -0.3 is 19.0 Å². The minimum absolute atomic E-state index is 0.0282. The number of para-hydroxylation sites is 1. The molecule has 0 amide bonds. The fourth-order valence-electron chi connectivity index (χ4n) is 2.01. The summed E-state index contributed by atoms with van der Waals surface area (Å²) in [7, 11) is 1.45. The molecular formula is C16H18O5. The van der Waals surface area contributed by atoms with Gasteiger partial charge in [-0.05, 0) is 25.0 Å². The van der Waals surface area contributed by atoms with E-state index in [2.05, 4.69) is 0 Å². The third-order valence-electron chi connectivity index (χ3n) is 2.96. The molecule has 0 spiro atoms. The largest absolute Gasteiger partial charge is 0.504 e. The van der Waals surface area contributed by atoms with Crippen LogP contribution in [0, 0.1) is 0 Å². The lowest BCUT2D eigenvalue weighted by molar-refractivity contribution is 0.285. The van der Waals surface area contributed by atoms with Gasteiger partial charge >= 0.3 is 5.63 Å². The number of phenols is 1. The van der Waals surface area contributed by atoms with Gasteiger partial charge in [0.1, 0.15) is 0 Å². The zero-order valence-corrected chi connectivity index (χ0v) is 12.1. The Morgan fingerprint density at radius 2 is 2.10 bits per heavy atom. The molecule has 2 rings (SSSR count). The first-order chi connectivity index (χ1) is 10.2. The van der Waals surface area contributed by atoms with Gasteiger partial charge in [-0.2, -0.15) is 0 Å². The SMILES string of the molecule is CCC=CCCOc1c(OC)c2cccc(O)c2oc1=O. The molecule has 1 N–H and O–H groups in total. The molecule has 112 valence electrons. The average molecular weight is 290 g/mol. The molecule has 0 aliphatic rings. The van der Waals surface area contributed by atoms with Crippen molar-refractivity contribution in [1.29, 1.82) is 0 Å². The molecule has 0 aliphatic carbocycles. The standard InChI is InChI=1S/C16H18O5/c1-3-4-5-6-10-20-15-14(19-2)11-8-7-9-12(17)13(11)21-16(15)18/h4-5,7-9,17H,3,6,10H2,1-2H3. The Hall–Kier alpha value is -2.43. The highest BCUT2D eigenvalue weighted by molar-refractivity contribution is 5.89. The van der Waals surface area contributed by atoms with Crippen molar-refractivity contribution in [2.75, 3.05) is 13.7 Å². The number of fused-ring (bicyclic) bond motifs is 1.